The van der Waals surface area contributed by atoms with Gasteiger partial charge in [0, 0.05) is 5.56 Å². The molecule has 5 nitrogen and oxygen atoms in total. The number of aryl methyl sites for hydroxylation is 2. The zero-order valence-electron chi connectivity index (χ0n) is 13.9. The van der Waals surface area contributed by atoms with Crippen LogP contribution in [0.4, 0.5) is 0 Å². The molecule has 1 N–H and O–H groups in total. The van der Waals surface area contributed by atoms with E-state index in [1.165, 1.54) is 5.56 Å². The van der Waals surface area contributed by atoms with Crippen LogP contribution in [0.2, 0.25) is 0 Å². The molecular weight excluding hydrogens is 302 g/mol. The van der Waals surface area contributed by atoms with Gasteiger partial charge in [0.05, 0.1) is 6.54 Å². The van der Waals surface area contributed by atoms with Crippen molar-refractivity contribution >= 4 is 0 Å². The molecule has 24 heavy (non-hydrogen) atoms. The highest BCUT2D eigenvalue weighted by atomic mass is 16.5. The number of benzene rings is 2. The Morgan fingerprint density at radius 3 is 2.67 bits per heavy atom. The van der Waals surface area contributed by atoms with Gasteiger partial charge in [0.2, 0.25) is 0 Å². The van der Waals surface area contributed by atoms with Gasteiger partial charge in [-0.3, -0.25) is 0 Å². The summed E-state index contributed by atoms with van der Waals surface area (Å²) in [4.78, 5) is 4.28. The van der Waals surface area contributed by atoms with Gasteiger partial charge in [-0.05, 0) is 25.5 Å². The van der Waals surface area contributed by atoms with Gasteiger partial charge >= 0.3 is 0 Å². The summed E-state index contributed by atoms with van der Waals surface area (Å²) < 4.78 is 7.34. The van der Waals surface area contributed by atoms with E-state index in [1.807, 2.05) is 56.3 Å². The molecule has 0 saturated heterocycles. The largest absolute Gasteiger partial charge is 0.491 e. The standard InChI is InChI=1S/C19H21N3O2/c1-14-8-9-18(15(2)10-14)24-12-17(23)11-22-13-20-19(21-22)16-6-4-3-5-7-16/h3-10,13,17,23H,11-12H2,1-2H3. The maximum Gasteiger partial charge on any atom is 0.181 e. The molecule has 0 spiro atoms. The van der Waals surface area contributed by atoms with Crippen LogP contribution in [0.15, 0.2) is 54.9 Å². The van der Waals surface area contributed by atoms with Gasteiger partial charge in [0.1, 0.15) is 24.8 Å². The molecule has 0 amide bonds. The topological polar surface area (TPSA) is 60.2 Å². The van der Waals surface area contributed by atoms with Crippen molar-refractivity contribution in [3.05, 3.63) is 66.0 Å². The van der Waals surface area contributed by atoms with E-state index in [4.69, 9.17) is 4.74 Å². The number of nitrogens with zero attached hydrogens (tertiary/aromatic N) is 3. The molecular formula is C19H21N3O2. The number of aliphatic hydroxyl groups excluding tert-OH is 1. The van der Waals surface area contributed by atoms with Crippen molar-refractivity contribution in [3.63, 3.8) is 0 Å². The maximum atomic E-state index is 10.2. The first-order valence-electron chi connectivity index (χ1n) is 7.95. The predicted octanol–water partition coefficient (Wildman–Crippen LogP) is 3.00. The number of ether oxygens (including phenoxy) is 1. The van der Waals surface area contributed by atoms with Gasteiger partial charge in [0.25, 0.3) is 0 Å². The summed E-state index contributed by atoms with van der Waals surface area (Å²) in [5.41, 5.74) is 3.21. The fraction of sp³-hybridized carbons (Fsp3) is 0.263. The number of hydrogen-bond acceptors (Lipinski definition) is 4. The zero-order valence-corrected chi connectivity index (χ0v) is 13.9. The van der Waals surface area contributed by atoms with E-state index in [0.29, 0.717) is 12.4 Å². The van der Waals surface area contributed by atoms with Crippen molar-refractivity contribution in [3.8, 4) is 17.1 Å². The molecule has 0 aliphatic carbocycles. The first kappa shape index (κ1) is 16.2. The van der Waals surface area contributed by atoms with E-state index in [9.17, 15) is 5.11 Å². The fourth-order valence-corrected chi connectivity index (χ4v) is 2.52. The molecule has 0 radical (unpaired) electrons. The van der Waals surface area contributed by atoms with Gasteiger partial charge in [-0.2, -0.15) is 5.10 Å². The molecule has 0 aliphatic heterocycles. The third kappa shape index (κ3) is 4.00. The zero-order chi connectivity index (χ0) is 16.9. The van der Waals surface area contributed by atoms with Crippen LogP contribution >= 0.6 is 0 Å². The Bertz CT molecular complexity index is 799. The van der Waals surface area contributed by atoms with Crippen molar-refractivity contribution in [2.75, 3.05) is 6.61 Å². The third-order valence-electron chi connectivity index (χ3n) is 3.73. The van der Waals surface area contributed by atoms with Crippen molar-refractivity contribution in [1.82, 2.24) is 14.8 Å². The molecule has 0 saturated carbocycles. The Morgan fingerprint density at radius 2 is 1.92 bits per heavy atom. The molecule has 1 heterocycles. The number of rotatable bonds is 6. The lowest BCUT2D eigenvalue weighted by Crippen LogP contribution is -2.24. The summed E-state index contributed by atoms with van der Waals surface area (Å²) in [7, 11) is 0. The summed E-state index contributed by atoms with van der Waals surface area (Å²) >= 11 is 0. The molecule has 3 rings (SSSR count). The average Bonchev–Trinajstić information content (AvgIpc) is 3.03. The number of aliphatic hydroxyl groups is 1. The van der Waals surface area contributed by atoms with Gasteiger partial charge in [0.15, 0.2) is 5.82 Å². The van der Waals surface area contributed by atoms with Crippen LogP contribution in [0.3, 0.4) is 0 Å². The number of aromatic nitrogens is 3. The highest BCUT2D eigenvalue weighted by Gasteiger charge is 2.10. The average molecular weight is 323 g/mol. The summed E-state index contributed by atoms with van der Waals surface area (Å²) in [6.07, 6.45) is 0.971. The number of hydrogen-bond donors (Lipinski definition) is 1. The van der Waals surface area contributed by atoms with E-state index in [2.05, 4.69) is 16.1 Å². The van der Waals surface area contributed by atoms with Crippen LogP contribution in [0.1, 0.15) is 11.1 Å². The lowest BCUT2D eigenvalue weighted by molar-refractivity contribution is 0.0890. The van der Waals surface area contributed by atoms with Crippen molar-refractivity contribution < 1.29 is 9.84 Å². The Hall–Kier alpha value is -2.66. The maximum absolute atomic E-state index is 10.2. The molecule has 0 bridgehead atoms. The smallest absolute Gasteiger partial charge is 0.181 e. The van der Waals surface area contributed by atoms with Crippen molar-refractivity contribution in [2.24, 2.45) is 0 Å². The van der Waals surface area contributed by atoms with E-state index in [-0.39, 0.29) is 6.61 Å². The van der Waals surface area contributed by atoms with E-state index >= 15 is 0 Å². The Morgan fingerprint density at radius 1 is 1.12 bits per heavy atom. The molecule has 1 unspecified atom stereocenters. The van der Waals surface area contributed by atoms with Crippen LogP contribution < -0.4 is 4.74 Å². The first-order chi connectivity index (χ1) is 11.6. The van der Waals surface area contributed by atoms with Crippen LogP contribution in [-0.4, -0.2) is 32.6 Å². The quantitative estimate of drug-likeness (QED) is 0.757. The molecule has 1 aromatic heterocycles. The minimum absolute atomic E-state index is 0.213. The Kier molecular flexibility index (Phi) is 4.91. The molecule has 0 aliphatic rings. The highest BCUT2D eigenvalue weighted by Crippen LogP contribution is 2.19. The molecule has 5 heteroatoms. The third-order valence-corrected chi connectivity index (χ3v) is 3.73. The fourth-order valence-electron chi connectivity index (χ4n) is 2.52. The lowest BCUT2D eigenvalue weighted by atomic mass is 10.1. The van der Waals surface area contributed by atoms with Crippen LogP contribution in [0.25, 0.3) is 11.4 Å². The molecule has 124 valence electrons. The summed E-state index contributed by atoms with van der Waals surface area (Å²) in [6, 6.07) is 15.8. The lowest BCUT2D eigenvalue weighted by Gasteiger charge is -2.14. The minimum atomic E-state index is -0.656. The van der Waals surface area contributed by atoms with Gasteiger partial charge < -0.3 is 9.84 Å². The van der Waals surface area contributed by atoms with E-state index < -0.39 is 6.10 Å². The van der Waals surface area contributed by atoms with E-state index in [0.717, 1.165) is 16.9 Å². The highest BCUT2D eigenvalue weighted by molar-refractivity contribution is 5.53. The Balaban J connectivity index is 1.57. The second kappa shape index (κ2) is 7.27. The minimum Gasteiger partial charge on any atom is -0.491 e. The van der Waals surface area contributed by atoms with Gasteiger partial charge in [-0.15, -0.1) is 0 Å². The van der Waals surface area contributed by atoms with E-state index in [1.54, 1.807) is 11.0 Å². The second-order valence-electron chi connectivity index (χ2n) is 5.89. The molecule has 1 atom stereocenters. The summed E-state index contributed by atoms with van der Waals surface area (Å²) in [6.45, 7) is 4.59. The monoisotopic (exact) mass is 323 g/mol. The van der Waals surface area contributed by atoms with Crippen LogP contribution in [0, 0.1) is 13.8 Å². The molecule has 3 aromatic rings. The first-order valence-corrected chi connectivity index (χ1v) is 7.95. The Labute approximate surface area is 141 Å². The normalized spacial score (nSPS) is 12.1. The second-order valence-corrected chi connectivity index (χ2v) is 5.89. The SMILES string of the molecule is Cc1ccc(OCC(O)Cn2cnc(-c3ccccc3)n2)c(C)c1. The summed E-state index contributed by atoms with van der Waals surface area (Å²) in [5, 5.41) is 14.6. The van der Waals surface area contributed by atoms with Crippen LogP contribution in [0.5, 0.6) is 5.75 Å². The van der Waals surface area contributed by atoms with Crippen molar-refractivity contribution in [2.45, 2.75) is 26.5 Å². The molecule has 0 fully saturated rings. The van der Waals surface area contributed by atoms with Gasteiger partial charge in [-0.25, -0.2) is 9.67 Å². The molecule has 2 aromatic carbocycles. The summed E-state index contributed by atoms with van der Waals surface area (Å²) in [5.74, 6) is 1.45. The predicted molar refractivity (Wildman–Crippen MR) is 92.9 cm³/mol. The van der Waals surface area contributed by atoms with Crippen molar-refractivity contribution in [1.29, 1.82) is 0 Å². The van der Waals surface area contributed by atoms with Crippen LogP contribution in [-0.2, 0) is 6.54 Å². The van der Waals surface area contributed by atoms with Gasteiger partial charge in [-0.1, -0.05) is 48.0 Å².